The van der Waals surface area contributed by atoms with Gasteiger partial charge in [0.2, 0.25) is 0 Å². The average Bonchev–Trinajstić information content (AvgIpc) is 2.93. The molecule has 0 aliphatic carbocycles. The van der Waals surface area contributed by atoms with Gasteiger partial charge in [-0.2, -0.15) is 5.10 Å². The van der Waals surface area contributed by atoms with E-state index in [9.17, 15) is 0 Å². The van der Waals surface area contributed by atoms with Crippen LogP contribution >= 0.6 is 0 Å². The zero-order valence-electron chi connectivity index (χ0n) is 12.2. The summed E-state index contributed by atoms with van der Waals surface area (Å²) in [6.45, 7) is 7.54. The van der Waals surface area contributed by atoms with Crippen molar-refractivity contribution in [2.24, 2.45) is 24.7 Å². The lowest BCUT2D eigenvalue weighted by atomic mass is 10.0. The van der Waals surface area contributed by atoms with Gasteiger partial charge < -0.3 is 5.43 Å². The first-order valence-corrected chi connectivity index (χ1v) is 6.96. The fourth-order valence-electron chi connectivity index (χ4n) is 2.83. The van der Waals surface area contributed by atoms with Crippen molar-refractivity contribution in [1.29, 1.82) is 0 Å². The molecule has 20 heavy (non-hydrogen) atoms. The zero-order chi connectivity index (χ0) is 14.3. The topological polar surface area (TPSA) is 84.9 Å². The van der Waals surface area contributed by atoms with Gasteiger partial charge in [-0.3, -0.25) is 9.58 Å². The molecule has 3 N–H and O–H groups in total. The number of aromatic nitrogens is 4. The third-order valence-corrected chi connectivity index (χ3v) is 4.20. The molecular weight excluding hydrogens is 254 g/mol. The fourth-order valence-corrected chi connectivity index (χ4v) is 2.83. The standard InChI is InChI=1S/C13H21N7/c1-8-5-20(6-9(8)2)7-11-16-12(18-14)10-4-15-19(3)13(10)17-11/h4,8-9H,5-7,14H2,1-3H3,(H,16,17,18). The van der Waals surface area contributed by atoms with Gasteiger partial charge in [0.1, 0.15) is 5.82 Å². The number of hydrazine groups is 1. The number of rotatable bonds is 3. The molecule has 1 saturated heterocycles. The molecule has 0 radical (unpaired) electrons. The number of anilines is 1. The third kappa shape index (κ3) is 2.23. The Bertz CT molecular complexity index is 610. The molecule has 3 rings (SSSR count). The van der Waals surface area contributed by atoms with Crippen LogP contribution in [-0.2, 0) is 13.6 Å². The second-order valence-corrected chi connectivity index (χ2v) is 5.79. The molecule has 2 atom stereocenters. The average molecular weight is 275 g/mol. The second kappa shape index (κ2) is 4.99. The third-order valence-electron chi connectivity index (χ3n) is 4.20. The van der Waals surface area contributed by atoms with Gasteiger partial charge >= 0.3 is 0 Å². The van der Waals surface area contributed by atoms with Crippen LogP contribution in [0.4, 0.5) is 5.82 Å². The maximum atomic E-state index is 5.56. The van der Waals surface area contributed by atoms with Gasteiger partial charge in [-0.05, 0) is 11.8 Å². The first kappa shape index (κ1) is 13.3. The molecule has 0 bridgehead atoms. The normalized spacial score (nSPS) is 23.6. The number of nitrogens with two attached hydrogens (primary N) is 1. The van der Waals surface area contributed by atoms with E-state index in [1.807, 2.05) is 7.05 Å². The molecule has 7 heteroatoms. The van der Waals surface area contributed by atoms with E-state index in [4.69, 9.17) is 5.84 Å². The molecule has 2 unspecified atom stereocenters. The quantitative estimate of drug-likeness (QED) is 0.635. The van der Waals surface area contributed by atoms with Crippen molar-refractivity contribution in [3.05, 3.63) is 12.0 Å². The predicted octanol–water partition coefficient (Wildman–Crippen LogP) is 0.737. The maximum Gasteiger partial charge on any atom is 0.163 e. The van der Waals surface area contributed by atoms with Gasteiger partial charge in [-0.25, -0.2) is 15.8 Å². The van der Waals surface area contributed by atoms with E-state index in [2.05, 4.69) is 39.2 Å². The Kier molecular flexibility index (Phi) is 3.31. The first-order chi connectivity index (χ1) is 9.58. The van der Waals surface area contributed by atoms with E-state index in [-0.39, 0.29) is 0 Å². The number of fused-ring (bicyclic) bond motifs is 1. The highest BCUT2D eigenvalue weighted by Crippen LogP contribution is 2.24. The zero-order valence-corrected chi connectivity index (χ0v) is 12.2. The Morgan fingerprint density at radius 1 is 1.30 bits per heavy atom. The minimum atomic E-state index is 0.637. The molecule has 0 amide bonds. The van der Waals surface area contributed by atoms with E-state index in [1.54, 1.807) is 10.9 Å². The van der Waals surface area contributed by atoms with E-state index >= 15 is 0 Å². The Hall–Kier alpha value is -1.73. The van der Waals surface area contributed by atoms with Crippen molar-refractivity contribution in [3.8, 4) is 0 Å². The maximum absolute atomic E-state index is 5.56. The number of aryl methyl sites for hydroxylation is 1. The summed E-state index contributed by atoms with van der Waals surface area (Å²) < 4.78 is 1.75. The van der Waals surface area contributed by atoms with Crippen LogP contribution in [0.2, 0.25) is 0 Å². The fraction of sp³-hybridized carbons (Fsp3) is 0.615. The minimum Gasteiger partial charge on any atom is -0.308 e. The molecule has 1 fully saturated rings. The SMILES string of the molecule is CC1CN(Cc2nc(NN)c3cnn(C)c3n2)CC1C. The number of nitrogens with zero attached hydrogens (tertiary/aromatic N) is 5. The predicted molar refractivity (Wildman–Crippen MR) is 77.7 cm³/mol. The van der Waals surface area contributed by atoms with Gasteiger partial charge in [0, 0.05) is 20.1 Å². The monoisotopic (exact) mass is 275 g/mol. The molecule has 2 aromatic heterocycles. The summed E-state index contributed by atoms with van der Waals surface area (Å²) in [7, 11) is 1.87. The Balaban J connectivity index is 1.90. The Labute approximate surface area is 118 Å². The number of likely N-dealkylation sites (tertiary alicyclic amines) is 1. The van der Waals surface area contributed by atoms with Crippen molar-refractivity contribution in [3.63, 3.8) is 0 Å². The number of nitrogens with one attached hydrogen (secondary N) is 1. The number of nitrogen functional groups attached to an aromatic ring is 1. The van der Waals surface area contributed by atoms with Crippen molar-refractivity contribution in [2.45, 2.75) is 20.4 Å². The van der Waals surface area contributed by atoms with Crippen LogP contribution in [0.15, 0.2) is 6.20 Å². The van der Waals surface area contributed by atoms with Crippen molar-refractivity contribution in [2.75, 3.05) is 18.5 Å². The van der Waals surface area contributed by atoms with Crippen molar-refractivity contribution < 1.29 is 0 Å². The molecule has 0 spiro atoms. The van der Waals surface area contributed by atoms with Crippen LogP contribution in [0.3, 0.4) is 0 Å². The molecular formula is C13H21N7. The van der Waals surface area contributed by atoms with E-state index in [1.165, 1.54) is 0 Å². The smallest absolute Gasteiger partial charge is 0.163 e. The summed E-state index contributed by atoms with van der Waals surface area (Å²) in [6, 6.07) is 0. The largest absolute Gasteiger partial charge is 0.308 e. The molecule has 1 aliphatic rings. The van der Waals surface area contributed by atoms with Gasteiger partial charge in [0.15, 0.2) is 11.5 Å². The molecule has 2 aromatic rings. The second-order valence-electron chi connectivity index (χ2n) is 5.79. The summed E-state index contributed by atoms with van der Waals surface area (Å²) in [4.78, 5) is 11.5. The first-order valence-electron chi connectivity index (χ1n) is 6.96. The van der Waals surface area contributed by atoms with E-state index in [0.717, 1.165) is 48.3 Å². The number of hydrogen-bond acceptors (Lipinski definition) is 6. The van der Waals surface area contributed by atoms with Gasteiger partial charge in [0.05, 0.1) is 18.1 Å². The van der Waals surface area contributed by atoms with Crippen LogP contribution in [0, 0.1) is 11.8 Å². The molecule has 108 valence electrons. The Morgan fingerprint density at radius 3 is 2.65 bits per heavy atom. The van der Waals surface area contributed by atoms with Crippen LogP contribution in [-0.4, -0.2) is 37.7 Å². The van der Waals surface area contributed by atoms with Crippen LogP contribution in [0.25, 0.3) is 11.0 Å². The lowest BCUT2D eigenvalue weighted by Gasteiger charge is -2.15. The lowest BCUT2D eigenvalue weighted by Crippen LogP contribution is -2.22. The molecule has 7 nitrogen and oxygen atoms in total. The molecule has 1 aliphatic heterocycles. The molecule has 0 saturated carbocycles. The van der Waals surface area contributed by atoms with Crippen molar-refractivity contribution >= 4 is 16.9 Å². The Morgan fingerprint density at radius 2 is 2.00 bits per heavy atom. The highest BCUT2D eigenvalue weighted by atomic mass is 15.3. The van der Waals surface area contributed by atoms with Gasteiger partial charge in [0.25, 0.3) is 0 Å². The van der Waals surface area contributed by atoms with E-state index < -0.39 is 0 Å². The highest BCUT2D eigenvalue weighted by molar-refractivity contribution is 5.86. The van der Waals surface area contributed by atoms with Crippen LogP contribution < -0.4 is 11.3 Å². The van der Waals surface area contributed by atoms with Crippen molar-refractivity contribution in [1.82, 2.24) is 24.6 Å². The molecule has 0 aromatic carbocycles. The van der Waals surface area contributed by atoms with Crippen LogP contribution in [0.1, 0.15) is 19.7 Å². The lowest BCUT2D eigenvalue weighted by molar-refractivity contribution is 0.308. The summed E-state index contributed by atoms with van der Waals surface area (Å²) >= 11 is 0. The molecule has 3 heterocycles. The highest BCUT2D eigenvalue weighted by Gasteiger charge is 2.26. The summed E-state index contributed by atoms with van der Waals surface area (Å²) in [5, 5.41) is 5.06. The van der Waals surface area contributed by atoms with Gasteiger partial charge in [-0.15, -0.1) is 0 Å². The van der Waals surface area contributed by atoms with E-state index in [0.29, 0.717) is 5.82 Å². The van der Waals surface area contributed by atoms with Gasteiger partial charge in [-0.1, -0.05) is 13.8 Å². The summed E-state index contributed by atoms with van der Waals surface area (Å²) in [5.41, 5.74) is 3.45. The minimum absolute atomic E-state index is 0.637. The number of hydrogen-bond donors (Lipinski definition) is 2. The summed E-state index contributed by atoms with van der Waals surface area (Å²) in [5.74, 6) is 8.43. The van der Waals surface area contributed by atoms with Crippen LogP contribution in [0.5, 0.6) is 0 Å². The summed E-state index contributed by atoms with van der Waals surface area (Å²) in [6.07, 6.45) is 1.73.